The summed E-state index contributed by atoms with van der Waals surface area (Å²) in [5, 5.41) is 11.5. The van der Waals surface area contributed by atoms with E-state index >= 15 is 0 Å². The molecule has 7 heteroatoms. The summed E-state index contributed by atoms with van der Waals surface area (Å²) in [5.74, 6) is -1.11. The van der Waals surface area contributed by atoms with Crippen LogP contribution in [0.4, 0.5) is 10.5 Å². The van der Waals surface area contributed by atoms with E-state index in [0.717, 1.165) is 11.1 Å². The molecule has 1 heterocycles. The van der Waals surface area contributed by atoms with Crippen LogP contribution in [0.2, 0.25) is 0 Å². The number of carbonyl (C=O) groups excluding carboxylic acids is 2. The van der Waals surface area contributed by atoms with E-state index in [0.29, 0.717) is 25.1 Å². The second-order valence-corrected chi connectivity index (χ2v) is 6.56. The number of para-hydroxylation sites is 1. The van der Waals surface area contributed by atoms with Gasteiger partial charge in [-0.1, -0.05) is 48.5 Å². The van der Waals surface area contributed by atoms with E-state index in [1.165, 1.54) is 0 Å². The SMILES string of the molecule is O=C(O)CCc1ccccc1N1CC[C@H](NC(=O)OCc2ccccc2)C1=O. The van der Waals surface area contributed by atoms with Crippen molar-refractivity contribution in [2.45, 2.75) is 31.9 Å². The van der Waals surface area contributed by atoms with E-state index in [-0.39, 0.29) is 18.9 Å². The zero-order chi connectivity index (χ0) is 19.9. The number of carboxylic acid groups (broad SMARTS) is 1. The maximum Gasteiger partial charge on any atom is 0.408 e. The van der Waals surface area contributed by atoms with Gasteiger partial charge in [0.05, 0.1) is 0 Å². The van der Waals surface area contributed by atoms with E-state index in [1.807, 2.05) is 48.5 Å². The zero-order valence-corrected chi connectivity index (χ0v) is 15.3. The number of aliphatic carboxylic acids is 1. The van der Waals surface area contributed by atoms with Gasteiger partial charge in [0.2, 0.25) is 5.91 Å². The number of alkyl carbamates (subject to hydrolysis) is 1. The molecule has 0 aliphatic carbocycles. The molecule has 2 amide bonds. The van der Waals surface area contributed by atoms with Crippen LogP contribution in [0.15, 0.2) is 54.6 Å². The highest BCUT2D eigenvalue weighted by molar-refractivity contribution is 6.01. The fourth-order valence-corrected chi connectivity index (χ4v) is 3.19. The minimum absolute atomic E-state index is 0.00741. The summed E-state index contributed by atoms with van der Waals surface area (Å²) in [6.07, 6.45) is 0.161. The summed E-state index contributed by atoms with van der Waals surface area (Å²) in [5.41, 5.74) is 2.35. The number of hydrogen-bond acceptors (Lipinski definition) is 4. The van der Waals surface area contributed by atoms with Crippen LogP contribution < -0.4 is 10.2 Å². The van der Waals surface area contributed by atoms with Crippen LogP contribution in [-0.4, -0.2) is 35.7 Å². The normalized spacial score (nSPS) is 16.1. The molecule has 146 valence electrons. The van der Waals surface area contributed by atoms with Gasteiger partial charge in [0.25, 0.3) is 0 Å². The Kier molecular flexibility index (Phi) is 6.26. The van der Waals surface area contributed by atoms with Crippen molar-refractivity contribution in [3.05, 3.63) is 65.7 Å². The topological polar surface area (TPSA) is 95.9 Å². The summed E-state index contributed by atoms with van der Waals surface area (Å²) in [4.78, 5) is 37.2. The molecule has 0 saturated carbocycles. The van der Waals surface area contributed by atoms with Crippen LogP contribution in [0.1, 0.15) is 24.0 Å². The molecule has 1 saturated heterocycles. The minimum atomic E-state index is -0.886. The molecule has 1 aliphatic rings. The number of amides is 2. The third-order valence-corrected chi connectivity index (χ3v) is 4.60. The van der Waals surface area contributed by atoms with Gasteiger partial charge in [0.1, 0.15) is 12.6 Å². The highest BCUT2D eigenvalue weighted by Crippen LogP contribution is 2.26. The molecule has 0 aromatic heterocycles. The van der Waals surface area contributed by atoms with Crippen molar-refractivity contribution < 1.29 is 24.2 Å². The number of anilines is 1. The molecular weight excluding hydrogens is 360 g/mol. The third kappa shape index (κ3) is 4.88. The lowest BCUT2D eigenvalue weighted by Gasteiger charge is -2.20. The van der Waals surface area contributed by atoms with Crippen LogP contribution in [0.5, 0.6) is 0 Å². The van der Waals surface area contributed by atoms with E-state index < -0.39 is 18.1 Å². The first-order chi connectivity index (χ1) is 13.5. The largest absolute Gasteiger partial charge is 0.481 e. The lowest BCUT2D eigenvalue weighted by atomic mass is 10.1. The Hall–Kier alpha value is -3.35. The molecule has 0 radical (unpaired) electrons. The van der Waals surface area contributed by atoms with Crippen LogP contribution in [0, 0.1) is 0 Å². The van der Waals surface area contributed by atoms with Crippen molar-refractivity contribution in [3.63, 3.8) is 0 Å². The highest BCUT2D eigenvalue weighted by atomic mass is 16.5. The number of nitrogens with zero attached hydrogens (tertiary/aromatic N) is 1. The summed E-state index contributed by atoms with van der Waals surface area (Å²) >= 11 is 0. The Morgan fingerprint density at radius 1 is 1.11 bits per heavy atom. The quantitative estimate of drug-likeness (QED) is 0.768. The number of hydrogen-bond donors (Lipinski definition) is 2. The van der Waals surface area contributed by atoms with Crippen molar-refractivity contribution in [2.24, 2.45) is 0 Å². The van der Waals surface area contributed by atoms with E-state index in [4.69, 9.17) is 9.84 Å². The van der Waals surface area contributed by atoms with Gasteiger partial charge in [-0.15, -0.1) is 0 Å². The number of carbonyl (C=O) groups is 3. The number of benzene rings is 2. The molecule has 1 aliphatic heterocycles. The van der Waals surface area contributed by atoms with Gasteiger partial charge < -0.3 is 20.1 Å². The first-order valence-electron chi connectivity index (χ1n) is 9.13. The Labute approximate surface area is 162 Å². The first kappa shape index (κ1) is 19.4. The van der Waals surface area contributed by atoms with Crippen LogP contribution in [0.3, 0.4) is 0 Å². The minimum Gasteiger partial charge on any atom is -0.481 e. The Morgan fingerprint density at radius 3 is 2.57 bits per heavy atom. The van der Waals surface area contributed by atoms with Crippen molar-refractivity contribution in [3.8, 4) is 0 Å². The monoisotopic (exact) mass is 382 g/mol. The number of aryl methyl sites for hydroxylation is 1. The third-order valence-electron chi connectivity index (χ3n) is 4.60. The molecule has 3 rings (SSSR count). The van der Waals surface area contributed by atoms with Crippen molar-refractivity contribution in [1.29, 1.82) is 0 Å². The standard InChI is InChI=1S/C21H22N2O5/c24-19(25)11-10-16-8-4-5-9-18(16)23-13-12-17(20(23)26)22-21(27)28-14-15-6-2-1-3-7-15/h1-9,17H,10-14H2,(H,22,27)(H,24,25)/t17-/m0/s1. The van der Waals surface area contributed by atoms with Crippen molar-refractivity contribution >= 4 is 23.7 Å². The number of nitrogens with one attached hydrogen (secondary N) is 1. The first-order valence-corrected chi connectivity index (χ1v) is 9.13. The van der Waals surface area contributed by atoms with Gasteiger partial charge >= 0.3 is 12.1 Å². The van der Waals surface area contributed by atoms with Gasteiger partial charge in [-0.3, -0.25) is 9.59 Å². The lowest BCUT2D eigenvalue weighted by Crippen LogP contribution is -2.41. The van der Waals surface area contributed by atoms with E-state index in [2.05, 4.69) is 5.32 Å². The highest BCUT2D eigenvalue weighted by Gasteiger charge is 2.34. The average molecular weight is 382 g/mol. The molecular formula is C21H22N2O5. The molecule has 0 bridgehead atoms. The smallest absolute Gasteiger partial charge is 0.408 e. The summed E-state index contributed by atoms with van der Waals surface area (Å²) < 4.78 is 5.18. The maximum atomic E-state index is 12.7. The Morgan fingerprint density at radius 2 is 1.82 bits per heavy atom. The Bertz CT molecular complexity index is 853. The molecule has 2 aromatic carbocycles. The number of rotatable bonds is 7. The van der Waals surface area contributed by atoms with Crippen molar-refractivity contribution in [1.82, 2.24) is 5.32 Å². The van der Waals surface area contributed by atoms with Crippen LogP contribution >= 0.6 is 0 Å². The second-order valence-electron chi connectivity index (χ2n) is 6.56. The van der Waals surface area contributed by atoms with Gasteiger partial charge in [-0.25, -0.2) is 4.79 Å². The Balaban J connectivity index is 1.59. The van der Waals surface area contributed by atoms with Gasteiger partial charge in [0, 0.05) is 18.7 Å². The van der Waals surface area contributed by atoms with Crippen LogP contribution in [-0.2, 0) is 27.4 Å². The molecule has 2 N–H and O–H groups in total. The second kappa shape index (κ2) is 9.03. The predicted molar refractivity (Wildman–Crippen MR) is 103 cm³/mol. The lowest BCUT2D eigenvalue weighted by molar-refractivity contribution is -0.137. The average Bonchev–Trinajstić information content (AvgIpc) is 3.06. The van der Waals surface area contributed by atoms with Gasteiger partial charge in [0.15, 0.2) is 0 Å². The number of carboxylic acids is 1. The fraction of sp³-hybridized carbons (Fsp3) is 0.286. The number of ether oxygens (including phenoxy) is 1. The molecule has 1 atom stereocenters. The van der Waals surface area contributed by atoms with Gasteiger partial charge in [-0.2, -0.15) is 0 Å². The summed E-state index contributed by atoms with van der Waals surface area (Å²) in [6.45, 7) is 0.585. The molecule has 1 fully saturated rings. The fourth-order valence-electron chi connectivity index (χ4n) is 3.19. The van der Waals surface area contributed by atoms with Gasteiger partial charge in [-0.05, 0) is 30.0 Å². The molecule has 0 unspecified atom stereocenters. The molecule has 7 nitrogen and oxygen atoms in total. The van der Waals surface area contributed by atoms with Crippen LogP contribution in [0.25, 0.3) is 0 Å². The van der Waals surface area contributed by atoms with Crippen molar-refractivity contribution in [2.75, 3.05) is 11.4 Å². The van der Waals surface area contributed by atoms with E-state index in [9.17, 15) is 14.4 Å². The molecule has 0 spiro atoms. The zero-order valence-electron chi connectivity index (χ0n) is 15.3. The predicted octanol–water partition coefficient (Wildman–Crippen LogP) is 2.74. The van der Waals surface area contributed by atoms with E-state index in [1.54, 1.807) is 11.0 Å². The summed E-state index contributed by atoms with van der Waals surface area (Å²) in [7, 11) is 0. The summed E-state index contributed by atoms with van der Waals surface area (Å²) in [6, 6.07) is 15.9. The maximum absolute atomic E-state index is 12.7. The molecule has 28 heavy (non-hydrogen) atoms. The molecule has 2 aromatic rings.